The van der Waals surface area contributed by atoms with Gasteiger partial charge in [-0.3, -0.25) is 0 Å². The summed E-state index contributed by atoms with van der Waals surface area (Å²) in [5, 5.41) is 2.18. The van der Waals surface area contributed by atoms with E-state index < -0.39 is 0 Å². The molecule has 0 spiro atoms. The molecule has 0 fully saturated rings. The lowest BCUT2D eigenvalue weighted by Crippen LogP contribution is -1.76. The Morgan fingerprint density at radius 1 is 1.17 bits per heavy atom. The fraction of sp³-hybridized carbons (Fsp3) is 0. The van der Waals surface area contributed by atoms with Gasteiger partial charge in [-0.05, 0) is 23.6 Å². The minimum Gasteiger partial charge on any atom is -0.115 e. The van der Waals surface area contributed by atoms with Crippen LogP contribution in [-0.4, -0.2) is 0 Å². The summed E-state index contributed by atoms with van der Waals surface area (Å²) in [4.78, 5) is 0. The molecule has 0 nitrogen and oxygen atoms in total. The van der Waals surface area contributed by atoms with Crippen LogP contribution in [0, 0.1) is 24.5 Å². The first kappa shape index (κ1) is 6.77. The zero-order valence-corrected chi connectivity index (χ0v) is 6.46. The van der Waals surface area contributed by atoms with Crippen LogP contribution >= 0.6 is 0 Å². The van der Waals surface area contributed by atoms with Crippen LogP contribution in [0.25, 0.3) is 10.8 Å². The van der Waals surface area contributed by atoms with Gasteiger partial charge in [-0.1, -0.05) is 30.2 Å². The number of rotatable bonds is 0. The van der Waals surface area contributed by atoms with Crippen LogP contribution in [0.5, 0.6) is 0 Å². The lowest BCUT2D eigenvalue weighted by atomic mass is 10.1. The SMILES string of the molecule is C#Cc1cccc2cc#ccc12. The highest BCUT2D eigenvalue weighted by Crippen LogP contribution is 2.15. The normalized spacial score (nSPS) is 8.92. The van der Waals surface area contributed by atoms with Gasteiger partial charge in [0.25, 0.3) is 0 Å². The fourth-order valence-corrected chi connectivity index (χ4v) is 1.23. The number of hydrogen-bond acceptors (Lipinski definition) is 0. The van der Waals surface area contributed by atoms with Crippen molar-refractivity contribution in [2.24, 2.45) is 0 Å². The third-order valence-electron chi connectivity index (χ3n) is 1.82. The summed E-state index contributed by atoms with van der Waals surface area (Å²) in [7, 11) is 0. The number of hydrogen-bond donors (Lipinski definition) is 0. The highest BCUT2D eigenvalue weighted by atomic mass is 14.0. The summed E-state index contributed by atoms with van der Waals surface area (Å²) in [6, 6.07) is 15.4. The molecule has 0 saturated heterocycles. The predicted octanol–water partition coefficient (Wildman–Crippen LogP) is 2.42. The molecule has 0 heterocycles. The number of benzene rings is 1. The third-order valence-corrected chi connectivity index (χ3v) is 1.82. The second kappa shape index (κ2) is 2.61. The van der Waals surface area contributed by atoms with Crippen LogP contribution in [0.2, 0.25) is 0 Å². The molecule has 54 valence electrons. The molecule has 0 aliphatic carbocycles. The van der Waals surface area contributed by atoms with Crippen LogP contribution in [0.3, 0.4) is 0 Å². The maximum atomic E-state index is 5.34. The van der Waals surface area contributed by atoms with Gasteiger partial charge in [0.2, 0.25) is 0 Å². The van der Waals surface area contributed by atoms with Gasteiger partial charge < -0.3 is 0 Å². The lowest BCUT2D eigenvalue weighted by molar-refractivity contribution is 1.72. The molecule has 2 aromatic carbocycles. The summed E-state index contributed by atoms with van der Waals surface area (Å²) >= 11 is 0. The Morgan fingerprint density at radius 3 is 2.83 bits per heavy atom. The Bertz CT molecular complexity index is 442. The highest BCUT2D eigenvalue weighted by Gasteiger charge is 1.94. The van der Waals surface area contributed by atoms with Gasteiger partial charge in [-0.15, -0.1) is 6.42 Å². The summed E-state index contributed by atoms with van der Waals surface area (Å²) in [5.41, 5.74) is 0.915. The maximum absolute atomic E-state index is 5.34. The van der Waals surface area contributed by atoms with Gasteiger partial charge in [0.05, 0.1) is 0 Å². The molecule has 0 radical (unpaired) electrons. The van der Waals surface area contributed by atoms with E-state index in [4.69, 9.17) is 6.42 Å². The molecular formula is C12H6. The maximum Gasteiger partial charge on any atom is 0.0327 e. The van der Waals surface area contributed by atoms with E-state index in [2.05, 4.69) is 18.1 Å². The first-order valence-corrected chi connectivity index (χ1v) is 3.69. The number of terminal acetylenes is 1. The minimum absolute atomic E-state index is 0.915. The molecule has 2 aromatic rings. The van der Waals surface area contributed by atoms with Gasteiger partial charge >= 0.3 is 0 Å². The van der Waals surface area contributed by atoms with Gasteiger partial charge in [-0.25, -0.2) is 0 Å². The molecule has 2 rings (SSSR count). The monoisotopic (exact) mass is 150 g/mol. The standard InChI is InChI=1S/C12H6/c1-2-10-7-5-8-11-6-3-4-9-12(10)11/h1,5-9H. The van der Waals surface area contributed by atoms with E-state index in [9.17, 15) is 0 Å². The first-order valence-electron chi connectivity index (χ1n) is 3.69. The quantitative estimate of drug-likeness (QED) is 0.506. The van der Waals surface area contributed by atoms with E-state index in [1.165, 1.54) is 0 Å². The van der Waals surface area contributed by atoms with E-state index in [-0.39, 0.29) is 0 Å². The smallest absolute Gasteiger partial charge is 0.0327 e. The van der Waals surface area contributed by atoms with E-state index in [1.54, 1.807) is 0 Å². The second-order valence-corrected chi connectivity index (χ2v) is 2.53. The zero-order chi connectivity index (χ0) is 8.39. The lowest BCUT2D eigenvalue weighted by Gasteiger charge is -1.95. The molecular weight excluding hydrogens is 144 g/mol. The van der Waals surface area contributed by atoms with Crippen LogP contribution in [0.4, 0.5) is 0 Å². The summed E-state index contributed by atoms with van der Waals surface area (Å²) in [6.45, 7) is 0. The largest absolute Gasteiger partial charge is 0.115 e. The zero-order valence-electron chi connectivity index (χ0n) is 6.46. The molecule has 12 heavy (non-hydrogen) atoms. The van der Waals surface area contributed by atoms with Crippen LogP contribution in [0.1, 0.15) is 5.56 Å². The molecule has 0 aliphatic rings. The molecule has 0 N–H and O–H groups in total. The summed E-state index contributed by atoms with van der Waals surface area (Å²) in [5.74, 6) is 2.64. The van der Waals surface area contributed by atoms with Gasteiger partial charge in [-0.2, -0.15) is 0 Å². The minimum atomic E-state index is 0.915. The first-order chi connectivity index (χ1) is 5.92. The molecule has 0 amide bonds. The van der Waals surface area contributed by atoms with Gasteiger partial charge in [0.15, 0.2) is 0 Å². The number of fused-ring (bicyclic) bond motifs is 1. The second-order valence-electron chi connectivity index (χ2n) is 2.53. The van der Waals surface area contributed by atoms with E-state index in [0.29, 0.717) is 0 Å². The van der Waals surface area contributed by atoms with Crippen molar-refractivity contribution < 1.29 is 0 Å². The van der Waals surface area contributed by atoms with Crippen molar-refractivity contribution in [3.05, 3.63) is 48.0 Å². The van der Waals surface area contributed by atoms with Gasteiger partial charge in [0, 0.05) is 10.9 Å². The van der Waals surface area contributed by atoms with E-state index in [1.807, 2.05) is 30.3 Å². The molecule has 0 heteroatoms. The highest BCUT2D eigenvalue weighted by molar-refractivity contribution is 5.87. The van der Waals surface area contributed by atoms with Crippen molar-refractivity contribution in [2.45, 2.75) is 0 Å². The Balaban J connectivity index is 2.91. The molecule has 0 unspecified atom stereocenters. The Hall–Kier alpha value is -1.92. The Kier molecular flexibility index (Phi) is 1.47. The van der Waals surface area contributed by atoms with Crippen molar-refractivity contribution in [3.63, 3.8) is 0 Å². The molecule has 0 aliphatic heterocycles. The summed E-state index contributed by atoms with van der Waals surface area (Å²) in [6.07, 6.45) is 5.34. The Labute approximate surface area is 71.8 Å². The molecule has 0 aromatic heterocycles. The van der Waals surface area contributed by atoms with Crippen LogP contribution < -0.4 is 0 Å². The van der Waals surface area contributed by atoms with Gasteiger partial charge in [0.1, 0.15) is 0 Å². The fourth-order valence-electron chi connectivity index (χ4n) is 1.23. The van der Waals surface area contributed by atoms with E-state index >= 15 is 0 Å². The third kappa shape index (κ3) is 0.911. The average Bonchev–Trinajstić information content (AvgIpc) is 2.17. The topological polar surface area (TPSA) is 0 Å². The van der Waals surface area contributed by atoms with Crippen molar-refractivity contribution in [2.75, 3.05) is 0 Å². The molecule has 0 bridgehead atoms. The van der Waals surface area contributed by atoms with Crippen molar-refractivity contribution in [1.82, 2.24) is 0 Å². The predicted molar refractivity (Wildman–Crippen MR) is 49.6 cm³/mol. The van der Waals surface area contributed by atoms with Crippen molar-refractivity contribution in [3.8, 4) is 12.3 Å². The van der Waals surface area contributed by atoms with Crippen molar-refractivity contribution >= 4 is 10.8 Å². The molecule has 0 atom stereocenters. The average molecular weight is 150 g/mol. The van der Waals surface area contributed by atoms with E-state index in [0.717, 1.165) is 16.3 Å². The molecule has 0 saturated carbocycles. The summed E-state index contributed by atoms with van der Waals surface area (Å²) < 4.78 is 0. The van der Waals surface area contributed by atoms with Crippen molar-refractivity contribution in [1.29, 1.82) is 0 Å². The van der Waals surface area contributed by atoms with Crippen LogP contribution in [-0.2, 0) is 0 Å². The Morgan fingerprint density at radius 2 is 2.00 bits per heavy atom. The van der Waals surface area contributed by atoms with Crippen LogP contribution in [0.15, 0.2) is 30.3 Å².